The molecule has 1 rings (SSSR count). The van der Waals surface area contributed by atoms with Gasteiger partial charge in [0.25, 0.3) is 5.91 Å². The highest BCUT2D eigenvalue weighted by atomic mass is 79.9. The van der Waals surface area contributed by atoms with Gasteiger partial charge in [-0.15, -0.1) is 0 Å². The summed E-state index contributed by atoms with van der Waals surface area (Å²) in [5.41, 5.74) is 0.539. The van der Waals surface area contributed by atoms with Gasteiger partial charge in [-0.2, -0.15) is 0 Å². The van der Waals surface area contributed by atoms with Gasteiger partial charge in [-0.05, 0) is 40.8 Å². The van der Waals surface area contributed by atoms with Crippen LogP contribution in [-0.2, 0) is 4.74 Å². The number of ether oxygens (including phenoxy) is 1. The van der Waals surface area contributed by atoms with Gasteiger partial charge in [0.05, 0.1) is 5.56 Å². The van der Waals surface area contributed by atoms with Gasteiger partial charge in [-0.1, -0.05) is 13.8 Å². The highest BCUT2D eigenvalue weighted by molar-refractivity contribution is 9.10. The van der Waals surface area contributed by atoms with Crippen LogP contribution in [0.2, 0.25) is 0 Å². The summed E-state index contributed by atoms with van der Waals surface area (Å²) in [6.45, 7) is 8.18. The summed E-state index contributed by atoms with van der Waals surface area (Å²) in [4.78, 5) is 16.6. The van der Waals surface area contributed by atoms with Gasteiger partial charge in [0.1, 0.15) is 5.82 Å². The number of rotatable bonds is 8. The van der Waals surface area contributed by atoms with E-state index in [1.807, 2.05) is 6.92 Å². The monoisotopic (exact) mass is 357 g/mol. The zero-order valence-corrected chi connectivity index (χ0v) is 14.7. The maximum atomic E-state index is 12.4. The van der Waals surface area contributed by atoms with Crippen molar-refractivity contribution in [3.8, 4) is 0 Å². The quantitative estimate of drug-likeness (QED) is 0.750. The van der Waals surface area contributed by atoms with Crippen molar-refractivity contribution < 1.29 is 9.53 Å². The minimum Gasteiger partial charge on any atom is -0.385 e. The van der Waals surface area contributed by atoms with Gasteiger partial charge < -0.3 is 15.4 Å². The van der Waals surface area contributed by atoms with E-state index in [-0.39, 0.29) is 11.3 Å². The van der Waals surface area contributed by atoms with Crippen LogP contribution in [0.1, 0.15) is 37.6 Å². The first-order valence-corrected chi connectivity index (χ1v) is 7.85. The Kier molecular flexibility index (Phi) is 7.11. The molecular weight excluding hydrogens is 334 g/mol. The standard InChI is InChI=1S/C15H24BrN3O2/c1-5-17-13-12(8-11(16)9-18-13)14(20)19-10-15(2,3)6-7-21-4/h8-9H,5-7,10H2,1-4H3,(H,17,18)(H,19,20). The van der Waals surface area contributed by atoms with Crippen molar-refractivity contribution in [2.45, 2.75) is 27.2 Å². The zero-order valence-electron chi connectivity index (χ0n) is 13.1. The number of hydrogen-bond donors (Lipinski definition) is 2. The minimum atomic E-state index is -0.120. The lowest BCUT2D eigenvalue weighted by Gasteiger charge is -2.24. The Labute approximate surface area is 135 Å². The van der Waals surface area contributed by atoms with Gasteiger partial charge in [-0.25, -0.2) is 4.98 Å². The lowest BCUT2D eigenvalue weighted by Crippen LogP contribution is -2.35. The Bertz CT molecular complexity index is 478. The summed E-state index contributed by atoms with van der Waals surface area (Å²) in [6, 6.07) is 1.78. The van der Waals surface area contributed by atoms with Crippen LogP contribution in [0.25, 0.3) is 0 Å². The van der Waals surface area contributed by atoms with Crippen LogP contribution >= 0.6 is 15.9 Å². The van der Waals surface area contributed by atoms with Gasteiger partial charge in [-0.3, -0.25) is 4.79 Å². The van der Waals surface area contributed by atoms with Crippen molar-refractivity contribution in [1.29, 1.82) is 0 Å². The number of carbonyl (C=O) groups excluding carboxylic acids is 1. The SMILES string of the molecule is CCNc1ncc(Br)cc1C(=O)NCC(C)(C)CCOC. The van der Waals surface area contributed by atoms with Crippen molar-refractivity contribution in [2.24, 2.45) is 5.41 Å². The average molecular weight is 358 g/mol. The molecule has 0 aromatic carbocycles. The molecule has 0 saturated heterocycles. The van der Waals surface area contributed by atoms with Crippen LogP contribution in [0, 0.1) is 5.41 Å². The van der Waals surface area contributed by atoms with Crippen LogP contribution in [0.4, 0.5) is 5.82 Å². The Morgan fingerprint density at radius 2 is 2.19 bits per heavy atom. The molecule has 0 saturated carbocycles. The maximum Gasteiger partial charge on any atom is 0.255 e. The number of aromatic nitrogens is 1. The van der Waals surface area contributed by atoms with E-state index in [1.54, 1.807) is 19.4 Å². The number of methoxy groups -OCH3 is 1. The van der Waals surface area contributed by atoms with Gasteiger partial charge >= 0.3 is 0 Å². The molecule has 0 fully saturated rings. The van der Waals surface area contributed by atoms with Gasteiger partial charge in [0, 0.05) is 37.5 Å². The van der Waals surface area contributed by atoms with E-state index in [0.29, 0.717) is 31.1 Å². The molecule has 1 amide bonds. The van der Waals surface area contributed by atoms with Crippen molar-refractivity contribution in [3.05, 3.63) is 22.3 Å². The Morgan fingerprint density at radius 3 is 2.81 bits per heavy atom. The van der Waals surface area contributed by atoms with E-state index in [0.717, 1.165) is 10.9 Å². The van der Waals surface area contributed by atoms with E-state index < -0.39 is 0 Å². The van der Waals surface area contributed by atoms with Crippen LogP contribution in [0.5, 0.6) is 0 Å². The van der Waals surface area contributed by atoms with E-state index in [2.05, 4.69) is 45.4 Å². The summed E-state index contributed by atoms with van der Waals surface area (Å²) in [5.74, 6) is 0.484. The van der Waals surface area contributed by atoms with Crippen molar-refractivity contribution in [2.75, 3.05) is 32.1 Å². The predicted molar refractivity (Wildman–Crippen MR) is 88.7 cm³/mol. The second kappa shape index (κ2) is 8.34. The molecule has 0 aliphatic heterocycles. The van der Waals surface area contributed by atoms with Gasteiger partial charge in [0.2, 0.25) is 0 Å². The fraction of sp³-hybridized carbons (Fsp3) is 0.600. The van der Waals surface area contributed by atoms with Crippen LogP contribution in [-0.4, -0.2) is 37.7 Å². The average Bonchev–Trinajstić information content (AvgIpc) is 2.45. The summed E-state index contributed by atoms with van der Waals surface area (Å²) < 4.78 is 5.88. The summed E-state index contributed by atoms with van der Waals surface area (Å²) in [5, 5.41) is 6.08. The molecular formula is C15H24BrN3O2. The van der Waals surface area contributed by atoms with Crippen molar-refractivity contribution in [3.63, 3.8) is 0 Å². The molecule has 0 atom stereocenters. The summed E-state index contributed by atoms with van der Waals surface area (Å²) in [7, 11) is 1.69. The molecule has 0 aliphatic carbocycles. The number of carbonyl (C=O) groups is 1. The molecule has 118 valence electrons. The zero-order chi connectivity index (χ0) is 15.9. The predicted octanol–water partition coefficient (Wildman–Crippen LogP) is 3.07. The first kappa shape index (κ1) is 17.9. The Hall–Kier alpha value is -1.14. The first-order valence-electron chi connectivity index (χ1n) is 7.06. The van der Waals surface area contributed by atoms with Gasteiger partial charge in [0.15, 0.2) is 0 Å². The minimum absolute atomic E-state index is 0.0105. The number of hydrogen-bond acceptors (Lipinski definition) is 4. The molecule has 0 spiro atoms. The number of halogens is 1. The highest BCUT2D eigenvalue weighted by Crippen LogP contribution is 2.21. The molecule has 1 aromatic rings. The Balaban J connectivity index is 2.73. The number of nitrogens with one attached hydrogen (secondary N) is 2. The Morgan fingerprint density at radius 1 is 1.48 bits per heavy atom. The molecule has 1 heterocycles. The number of pyridine rings is 1. The van der Waals surface area contributed by atoms with Crippen LogP contribution in [0.15, 0.2) is 16.7 Å². The number of anilines is 1. The molecule has 21 heavy (non-hydrogen) atoms. The highest BCUT2D eigenvalue weighted by Gasteiger charge is 2.20. The van der Waals surface area contributed by atoms with Crippen LogP contribution < -0.4 is 10.6 Å². The number of nitrogens with zero attached hydrogens (tertiary/aromatic N) is 1. The molecule has 6 heteroatoms. The third kappa shape index (κ3) is 6.01. The molecule has 1 aromatic heterocycles. The lowest BCUT2D eigenvalue weighted by atomic mass is 9.89. The summed E-state index contributed by atoms with van der Waals surface area (Å²) in [6.07, 6.45) is 2.57. The van der Waals surface area contributed by atoms with E-state index in [4.69, 9.17) is 4.74 Å². The maximum absolute atomic E-state index is 12.4. The van der Waals surface area contributed by atoms with Crippen molar-refractivity contribution >= 4 is 27.7 Å². The molecule has 0 bridgehead atoms. The number of amides is 1. The third-order valence-corrected chi connectivity index (χ3v) is 3.59. The van der Waals surface area contributed by atoms with E-state index >= 15 is 0 Å². The van der Waals surface area contributed by atoms with E-state index in [1.165, 1.54) is 0 Å². The fourth-order valence-electron chi connectivity index (χ4n) is 1.80. The largest absolute Gasteiger partial charge is 0.385 e. The molecule has 5 nitrogen and oxygen atoms in total. The topological polar surface area (TPSA) is 63.2 Å². The summed E-state index contributed by atoms with van der Waals surface area (Å²) >= 11 is 3.35. The molecule has 0 aliphatic rings. The first-order chi connectivity index (χ1) is 9.89. The normalized spacial score (nSPS) is 11.3. The molecule has 0 radical (unpaired) electrons. The molecule has 2 N–H and O–H groups in total. The second-order valence-corrected chi connectivity index (χ2v) is 6.59. The lowest BCUT2D eigenvalue weighted by molar-refractivity contribution is 0.0921. The fourth-order valence-corrected chi connectivity index (χ4v) is 2.13. The second-order valence-electron chi connectivity index (χ2n) is 5.67. The molecule has 0 unspecified atom stereocenters. The third-order valence-electron chi connectivity index (χ3n) is 3.15. The van der Waals surface area contributed by atoms with E-state index in [9.17, 15) is 4.79 Å². The smallest absolute Gasteiger partial charge is 0.255 e. The van der Waals surface area contributed by atoms with Crippen LogP contribution in [0.3, 0.4) is 0 Å². The van der Waals surface area contributed by atoms with Crippen molar-refractivity contribution in [1.82, 2.24) is 10.3 Å².